The first-order chi connectivity index (χ1) is 11.9. The number of carbonyl (C=O) groups excluding carboxylic acids is 1. The number of ether oxygens (including phenoxy) is 1. The molecular weight excluding hydrogens is 443 g/mol. The van der Waals surface area contributed by atoms with Crippen molar-refractivity contribution in [3.63, 3.8) is 0 Å². The van der Waals surface area contributed by atoms with Gasteiger partial charge in [-0.2, -0.15) is 0 Å². The van der Waals surface area contributed by atoms with E-state index in [1.54, 1.807) is 6.07 Å². The Labute approximate surface area is 174 Å². The van der Waals surface area contributed by atoms with Gasteiger partial charge in [-0.15, -0.1) is 24.0 Å². The highest BCUT2D eigenvalue weighted by atomic mass is 127. The van der Waals surface area contributed by atoms with Crippen molar-refractivity contribution in [2.24, 2.45) is 16.6 Å². The van der Waals surface area contributed by atoms with Gasteiger partial charge >= 0.3 is 0 Å². The van der Waals surface area contributed by atoms with Gasteiger partial charge in [0.05, 0.1) is 6.54 Å². The maximum absolute atomic E-state index is 11.1. The average molecular weight is 476 g/mol. The van der Waals surface area contributed by atoms with Crippen LogP contribution in [-0.2, 0) is 4.79 Å². The van der Waals surface area contributed by atoms with E-state index in [2.05, 4.69) is 36.4 Å². The minimum atomic E-state index is -0.108. The zero-order valence-corrected chi connectivity index (χ0v) is 18.6. The summed E-state index contributed by atoms with van der Waals surface area (Å²) in [7, 11) is 0. The van der Waals surface area contributed by atoms with E-state index in [0.717, 1.165) is 12.3 Å². The number of aliphatic imine (C=N–C) groups is 1. The van der Waals surface area contributed by atoms with Crippen LogP contribution in [0.2, 0.25) is 0 Å². The molecule has 7 heteroatoms. The number of anilines is 1. The van der Waals surface area contributed by atoms with Crippen LogP contribution in [0.15, 0.2) is 29.3 Å². The summed E-state index contributed by atoms with van der Waals surface area (Å²) in [6.07, 6.45) is 3.50. The van der Waals surface area contributed by atoms with Crippen LogP contribution in [0.3, 0.4) is 0 Å². The van der Waals surface area contributed by atoms with Crippen LogP contribution < -0.4 is 21.1 Å². The van der Waals surface area contributed by atoms with E-state index in [1.807, 2.05) is 18.2 Å². The fraction of sp³-hybridized carbons (Fsp3) is 0.579. The van der Waals surface area contributed by atoms with Gasteiger partial charge in [0, 0.05) is 24.7 Å². The quantitative estimate of drug-likeness (QED) is 0.208. The number of hydrogen-bond donors (Lipinski definition) is 3. The van der Waals surface area contributed by atoms with E-state index < -0.39 is 0 Å². The van der Waals surface area contributed by atoms with E-state index in [-0.39, 0.29) is 29.9 Å². The number of guanidine groups is 1. The lowest BCUT2D eigenvalue weighted by atomic mass is 10.0. The smallest absolute Gasteiger partial charge is 0.221 e. The lowest BCUT2D eigenvalue weighted by Gasteiger charge is -2.15. The molecular formula is C19H33IN4O2. The summed E-state index contributed by atoms with van der Waals surface area (Å²) in [5, 5.41) is 5.93. The topological polar surface area (TPSA) is 88.7 Å². The number of benzene rings is 1. The first-order valence-corrected chi connectivity index (χ1v) is 8.93. The summed E-state index contributed by atoms with van der Waals surface area (Å²) >= 11 is 0. The number of rotatable bonds is 10. The number of nitrogens with zero attached hydrogens (tertiary/aromatic N) is 1. The lowest BCUT2D eigenvalue weighted by Crippen LogP contribution is -2.38. The third-order valence-electron chi connectivity index (χ3n) is 3.61. The summed E-state index contributed by atoms with van der Waals surface area (Å²) in [4.78, 5) is 15.3. The molecule has 0 saturated heterocycles. The van der Waals surface area contributed by atoms with E-state index in [9.17, 15) is 4.79 Å². The molecule has 0 fully saturated rings. The SMILES string of the molecule is CC(=O)Nc1cccc(OCCN=C(N)NC(C)CCCC(C)C)c1.I. The molecule has 0 aliphatic rings. The standard InChI is InChI=1S/C19H32N4O2.HI/c1-14(2)7-5-8-15(3)22-19(20)21-11-12-25-18-10-6-9-17(13-18)23-16(4)24;/h6,9-10,13-15H,5,7-8,11-12H2,1-4H3,(H,23,24)(H3,20,21,22);1H. The van der Waals surface area contributed by atoms with Gasteiger partial charge in [0.15, 0.2) is 5.96 Å². The number of carbonyl (C=O) groups is 1. The molecule has 0 aliphatic heterocycles. The molecule has 6 nitrogen and oxygen atoms in total. The minimum absolute atomic E-state index is 0. The van der Waals surface area contributed by atoms with Crippen LogP contribution in [0.4, 0.5) is 5.69 Å². The van der Waals surface area contributed by atoms with Gasteiger partial charge in [-0.25, -0.2) is 4.99 Å². The fourth-order valence-electron chi connectivity index (χ4n) is 2.40. The molecule has 0 aliphatic carbocycles. The van der Waals surface area contributed by atoms with E-state index in [1.165, 1.54) is 19.8 Å². The number of halogens is 1. The lowest BCUT2D eigenvalue weighted by molar-refractivity contribution is -0.114. The van der Waals surface area contributed by atoms with Crippen LogP contribution in [0.1, 0.15) is 47.0 Å². The van der Waals surface area contributed by atoms with Crippen molar-refractivity contribution >= 4 is 41.5 Å². The summed E-state index contributed by atoms with van der Waals surface area (Å²) in [5.41, 5.74) is 6.61. The maximum atomic E-state index is 11.1. The first-order valence-electron chi connectivity index (χ1n) is 8.93. The Hall–Kier alpha value is -1.51. The molecule has 0 radical (unpaired) electrons. The van der Waals surface area contributed by atoms with Crippen LogP contribution >= 0.6 is 24.0 Å². The monoisotopic (exact) mass is 476 g/mol. The normalized spacial score (nSPS) is 12.3. The fourth-order valence-corrected chi connectivity index (χ4v) is 2.40. The van der Waals surface area contributed by atoms with E-state index in [0.29, 0.717) is 36.6 Å². The zero-order chi connectivity index (χ0) is 18.7. The van der Waals surface area contributed by atoms with Gasteiger partial charge in [0.25, 0.3) is 0 Å². The van der Waals surface area contributed by atoms with Crippen LogP contribution in [0.5, 0.6) is 5.75 Å². The molecule has 0 bridgehead atoms. The molecule has 1 atom stereocenters. The minimum Gasteiger partial charge on any atom is -0.492 e. The predicted molar refractivity (Wildman–Crippen MR) is 119 cm³/mol. The molecule has 1 unspecified atom stereocenters. The predicted octanol–water partition coefficient (Wildman–Crippen LogP) is 3.76. The third kappa shape index (κ3) is 11.9. The molecule has 26 heavy (non-hydrogen) atoms. The van der Waals surface area contributed by atoms with Gasteiger partial charge in [0.2, 0.25) is 5.91 Å². The summed E-state index contributed by atoms with van der Waals surface area (Å²) in [6.45, 7) is 8.96. The molecule has 0 heterocycles. The Morgan fingerprint density at radius 1 is 1.27 bits per heavy atom. The highest BCUT2D eigenvalue weighted by Crippen LogP contribution is 2.17. The number of nitrogens with one attached hydrogen (secondary N) is 2. The third-order valence-corrected chi connectivity index (χ3v) is 3.61. The number of amides is 1. The number of hydrogen-bond acceptors (Lipinski definition) is 3. The molecule has 0 spiro atoms. The van der Waals surface area contributed by atoms with Crippen LogP contribution in [0, 0.1) is 5.92 Å². The van der Waals surface area contributed by atoms with Crippen molar-refractivity contribution in [2.45, 2.75) is 53.0 Å². The van der Waals surface area contributed by atoms with Gasteiger partial charge in [-0.3, -0.25) is 4.79 Å². The Balaban J connectivity index is 0.00000625. The van der Waals surface area contributed by atoms with Crippen LogP contribution in [0.25, 0.3) is 0 Å². The summed E-state index contributed by atoms with van der Waals surface area (Å²) < 4.78 is 5.63. The van der Waals surface area contributed by atoms with Crippen molar-refractivity contribution in [3.05, 3.63) is 24.3 Å². The van der Waals surface area contributed by atoms with E-state index in [4.69, 9.17) is 10.5 Å². The average Bonchev–Trinajstić information content (AvgIpc) is 2.51. The molecule has 1 rings (SSSR count). The molecule has 4 N–H and O–H groups in total. The molecule has 0 aromatic heterocycles. The summed E-state index contributed by atoms with van der Waals surface area (Å²) in [5.74, 6) is 1.77. The first kappa shape index (κ1) is 24.5. The van der Waals surface area contributed by atoms with Crippen molar-refractivity contribution in [1.29, 1.82) is 0 Å². The Kier molecular flexibility index (Phi) is 12.9. The summed E-state index contributed by atoms with van der Waals surface area (Å²) in [6, 6.07) is 7.59. The van der Waals surface area contributed by atoms with Gasteiger partial charge in [0.1, 0.15) is 12.4 Å². The maximum Gasteiger partial charge on any atom is 0.221 e. The highest BCUT2D eigenvalue weighted by molar-refractivity contribution is 14.0. The van der Waals surface area contributed by atoms with Crippen LogP contribution in [-0.4, -0.2) is 31.1 Å². The largest absolute Gasteiger partial charge is 0.492 e. The van der Waals surface area contributed by atoms with Crippen molar-refractivity contribution in [2.75, 3.05) is 18.5 Å². The molecule has 1 aromatic carbocycles. The molecule has 148 valence electrons. The van der Waals surface area contributed by atoms with Crippen molar-refractivity contribution in [3.8, 4) is 5.75 Å². The zero-order valence-electron chi connectivity index (χ0n) is 16.2. The van der Waals surface area contributed by atoms with E-state index >= 15 is 0 Å². The Morgan fingerprint density at radius 3 is 2.65 bits per heavy atom. The van der Waals surface area contributed by atoms with Crippen molar-refractivity contribution < 1.29 is 9.53 Å². The van der Waals surface area contributed by atoms with Gasteiger partial charge in [-0.1, -0.05) is 32.8 Å². The Bertz CT molecular complexity index is 564. The number of nitrogens with two attached hydrogens (primary N) is 1. The second-order valence-corrected chi connectivity index (χ2v) is 6.69. The van der Waals surface area contributed by atoms with Crippen molar-refractivity contribution in [1.82, 2.24) is 5.32 Å². The van der Waals surface area contributed by atoms with Gasteiger partial charge in [-0.05, 0) is 31.4 Å². The second-order valence-electron chi connectivity index (χ2n) is 6.69. The molecule has 1 amide bonds. The molecule has 0 saturated carbocycles. The van der Waals surface area contributed by atoms with Gasteiger partial charge < -0.3 is 21.1 Å². The highest BCUT2D eigenvalue weighted by Gasteiger charge is 2.04. The molecule has 1 aromatic rings. The second kappa shape index (κ2) is 13.7. The Morgan fingerprint density at radius 2 is 2.00 bits per heavy atom.